The molecule has 8 rings (SSSR count). The number of hydrogen-bond acceptors (Lipinski definition) is 9. The number of nitrogens with zero attached hydrogens (tertiary/aromatic N) is 3. The number of aryl methyl sites for hydroxylation is 1. The molecule has 0 aromatic heterocycles. The molecular weight excluding hydrogens is 712 g/mol. The van der Waals surface area contributed by atoms with Crippen LogP contribution >= 0.6 is 11.6 Å². The highest BCUT2D eigenvalue weighted by molar-refractivity contribution is 7.90. The largest absolute Gasteiger partial charge is 0.490 e. The minimum absolute atomic E-state index is 0.0686. The highest BCUT2D eigenvalue weighted by atomic mass is 35.5. The third-order valence-corrected chi connectivity index (χ3v) is 15.2. The molecule has 12 heteroatoms. The first kappa shape index (κ1) is 37.3. The van der Waals surface area contributed by atoms with Gasteiger partial charge in [-0.15, -0.1) is 0 Å². The molecule has 4 aliphatic heterocycles. The average molecular weight is 767 g/mol. The molecule has 4 heterocycles. The first-order chi connectivity index (χ1) is 25.5. The molecule has 2 aliphatic carbocycles. The summed E-state index contributed by atoms with van der Waals surface area (Å²) in [5, 5.41) is 0.739. The lowest BCUT2D eigenvalue weighted by molar-refractivity contribution is -0.124. The smallest absolute Gasteiger partial charge is 0.264 e. The fraction of sp³-hybridized carbons (Fsp3) is 0.634. The van der Waals surface area contributed by atoms with Gasteiger partial charge in [-0.1, -0.05) is 43.7 Å². The van der Waals surface area contributed by atoms with Crippen molar-refractivity contribution in [3.8, 4) is 5.75 Å². The predicted octanol–water partition coefficient (Wildman–Crippen LogP) is 5.28. The van der Waals surface area contributed by atoms with Gasteiger partial charge in [0, 0.05) is 75.3 Å². The van der Waals surface area contributed by atoms with Gasteiger partial charge >= 0.3 is 0 Å². The van der Waals surface area contributed by atoms with Gasteiger partial charge in [0.25, 0.3) is 10.0 Å². The zero-order valence-corrected chi connectivity index (χ0v) is 33.0. The maximum Gasteiger partial charge on any atom is 0.264 e. The van der Waals surface area contributed by atoms with E-state index in [-0.39, 0.29) is 22.1 Å². The Hall–Kier alpha value is -2.67. The molecule has 0 radical (unpaired) electrons. The second kappa shape index (κ2) is 14.8. The van der Waals surface area contributed by atoms with Crippen LogP contribution in [0.3, 0.4) is 0 Å². The molecule has 1 N–H and O–H groups in total. The maximum atomic E-state index is 13.8. The SMILES string of the molecule is CO[C@@]1(CN2CCN3CCOCC3C2)/C=C/C[C@H](C)[C@@H](C)C(=O)NS(=O)(=O)c2ccc3c(c2)N(C[C@@H]2CC[C@H]21)C[C@@]1(CCCc2cc(Cl)ccc21)CO3. The summed E-state index contributed by atoms with van der Waals surface area (Å²) in [6.45, 7) is 12.0. The normalized spacial score (nSPS) is 35.4. The van der Waals surface area contributed by atoms with Crippen molar-refractivity contribution in [3.05, 3.63) is 64.7 Å². The Morgan fingerprint density at radius 3 is 2.75 bits per heavy atom. The standard InChI is InChI=1S/C41H55ClN4O6S/c1-28-6-4-15-41(50-3,26-44-16-17-45-18-19-51-24-33(45)23-44)36-11-8-31(36)22-46-25-40(14-5-7-30-20-32(42)9-12-35(30)40)27-52-38-13-10-34(21-37(38)46)53(48,49)43-39(47)29(28)2/h4,9-10,12-13,15,20-21,28-29,31,33,36H,5-8,11,14,16-19,22-27H2,1-3H3,(H,43,47)/b15-4+/t28-,29+,31-,33?,36+,40-,41+/m0/s1. The summed E-state index contributed by atoms with van der Waals surface area (Å²) in [5.74, 6) is 0.125. The molecule has 1 unspecified atom stereocenters. The Labute approximate surface area is 320 Å². The Balaban J connectivity index is 1.19. The molecule has 1 spiro atoms. The molecule has 2 saturated heterocycles. The molecule has 2 aromatic rings. The van der Waals surface area contributed by atoms with Crippen LogP contribution in [0.25, 0.3) is 0 Å². The summed E-state index contributed by atoms with van der Waals surface area (Å²) >= 11 is 6.50. The van der Waals surface area contributed by atoms with Gasteiger partial charge in [-0.25, -0.2) is 13.1 Å². The van der Waals surface area contributed by atoms with Crippen molar-refractivity contribution in [2.45, 2.75) is 74.3 Å². The van der Waals surface area contributed by atoms with E-state index in [1.54, 1.807) is 18.2 Å². The fourth-order valence-electron chi connectivity index (χ4n) is 10.1. The van der Waals surface area contributed by atoms with Gasteiger partial charge in [0.2, 0.25) is 5.91 Å². The number of fused-ring (bicyclic) bond motifs is 5. The number of halogens is 1. The van der Waals surface area contributed by atoms with Gasteiger partial charge in [-0.2, -0.15) is 0 Å². The van der Waals surface area contributed by atoms with E-state index in [1.165, 1.54) is 11.1 Å². The quantitative estimate of drug-likeness (QED) is 0.419. The molecule has 53 heavy (non-hydrogen) atoms. The van der Waals surface area contributed by atoms with E-state index in [9.17, 15) is 13.2 Å². The van der Waals surface area contributed by atoms with Gasteiger partial charge in [-0.05, 0) is 97.7 Å². The van der Waals surface area contributed by atoms with Crippen molar-refractivity contribution < 1.29 is 27.4 Å². The van der Waals surface area contributed by atoms with Crippen molar-refractivity contribution in [3.63, 3.8) is 0 Å². The van der Waals surface area contributed by atoms with Crippen LogP contribution < -0.4 is 14.4 Å². The number of anilines is 1. The first-order valence-corrected chi connectivity index (χ1v) is 21.5. The summed E-state index contributed by atoms with van der Waals surface area (Å²) in [7, 11) is -2.26. The summed E-state index contributed by atoms with van der Waals surface area (Å²) in [4.78, 5) is 21.1. The van der Waals surface area contributed by atoms with Crippen LogP contribution in [-0.4, -0.2) is 109 Å². The zero-order valence-electron chi connectivity index (χ0n) is 31.4. The van der Waals surface area contributed by atoms with Crippen molar-refractivity contribution in [2.75, 3.05) is 77.6 Å². The molecule has 10 nitrogen and oxygen atoms in total. The molecule has 288 valence electrons. The van der Waals surface area contributed by atoms with E-state index < -0.39 is 27.4 Å². The van der Waals surface area contributed by atoms with Crippen LogP contribution in [0.15, 0.2) is 53.4 Å². The van der Waals surface area contributed by atoms with E-state index in [0.29, 0.717) is 37.3 Å². The lowest BCUT2D eigenvalue weighted by Gasteiger charge is -2.53. The number of carbonyl (C=O) groups is 1. The van der Waals surface area contributed by atoms with Crippen LogP contribution in [0.4, 0.5) is 5.69 Å². The predicted molar refractivity (Wildman–Crippen MR) is 206 cm³/mol. The second-order valence-electron chi connectivity index (χ2n) is 16.7. The van der Waals surface area contributed by atoms with E-state index in [4.69, 9.17) is 25.8 Å². The number of allylic oxidation sites excluding steroid dienone is 1. The zero-order chi connectivity index (χ0) is 37.0. The summed E-state index contributed by atoms with van der Waals surface area (Å²) < 4.78 is 49.3. The minimum atomic E-state index is -4.13. The second-order valence-corrected chi connectivity index (χ2v) is 18.8. The Morgan fingerprint density at radius 2 is 1.94 bits per heavy atom. The Kier molecular flexibility index (Phi) is 10.4. The number of methoxy groups -OCH3 is 1. The van der Waals surface area contributed by atoms with E-state index in [1.807, 2.05) is 27.0 Å². The van der Waals surface area contributed by atoms with Gasteiger partial charge in [0.1, 0.15) is 11.4 Å². The van der Waals surface area contributed by atoms with E-state index >= 15 is 0 Å². The van der Waals surface area contributed by atoms with Crippen LogP contribution in [0, 0.1) is 23.7 Å². The minimum Gasteiger partial charge on any atom is -0.490 e. The molecule has 1 amide bonds. The van der Waals surface area contributed by atoms with E-state index in [0.717, 1.165) is 95.3 Å². The number of carbonyl (C=O) groups excluding carboxylic acids is 1. The number of rotatable bonds is 3. The lowest BCUT2D eigenvalue weighted by atomic mass is 9.63. The molecule has 1 saturated carbocycles. The number of nitrogens with one attached hydrogen (secondary N) is 1. The lowest BCUT2D eigenvalue weighted by Crippen LogP contribution is -2.62. The molecule has 7 atom stereocenters. The number of hydrogen-bond donors (Lipinski definition) is 1. The van der Waals surface area contributed by atoms with Crippen LogP contribution in [-0.2, 0) is 36.1 Å². The number of piperazine rings is 1. The number of morpholine rings is 1. The van der Waals surface area contributed by atoms with Crippen LogP contribution in [0.1, 0.15) is 57.1 Å². The van der Waals surface area contributed by atoms with Crippen LogP contribution in [0.5, 0.6) is 5.75 Å². The molecule has 2 bridgehead atoms. The molecular formula is C41H55ClN4O6S. The third kappa shape index (κ3) is 7.15. The highest BCUT2D eigenvalue weighted by Crippen LogP contribution is 2.49. The number of amides is 1. The van der Waals surface area contributed by atoms with Crippen molar-refractivity contribution in [2.24, 2.45) is 23.7 Å². The van der Waals surface area contributed by atoms with Gasteiger partial charge in [0.15, 0.2) is 0 Å². The van der Waals surface area contributed by atoms with Gasteiger partial charge in [-0.3, -0.25) is 14.6 Å². The average Bonchev–Trinajstić information content (AvgIpc) is 3.28. The first-order valence-electron chi connectivity index (χ1n) is 19.6. The monoisotopic (exact) mass is 766 g/mol. The maximum absolute atomic E-state index is 13.8. The molecule has 6 aliphatic rings. The summed E-state index contributed by atoms with van der Waals surface area (Å²) in [6.07, 6.45) is 10.2. The Morgan fingerprint density at radius 1 is 1.08 bits per heavy atom. The topological polar surface area (TPSA) is 101 Å². The van der Waals surface area contributed by atoms with Crippen LogP contribution in [0.2, 0.25) is 5.02 Å². The fourth-order valence-corrected chi connectivity index (χ4v) is 11.4. The number of ether oxygens (including phenoxy) is 3. The van der Waals surface area contributed by atoms with Crippen molar-refractivity contribution >= 4 is 33.2 Å². The number of benzene rings is 2. The number of sulfonamides is 1. The molecule has 3 fully saturated rings. The van der Waals surface area contributed by atoms with Gasteiger partial charge in [0.05, 0.1) is 30.4 Å². The summed E-state index contributed by atoms with van der Waals surface area (Å²) in [6, 6.07) is 11.7. The third-order valence-electron chi connectivity index (χ3n) is 13.6. The van der Waals surface area contributed by atoms with Crippen molar-refractivity contribution in [1.29, 1.82) is 0 Å². The van der Waals surface area contributed by atoms with E-state index in [2.05, 4.69) is 43.7 Å². The summed E-state index contributed by atoms with van der Waals surface area (Å²) in [5.41, 5.74) is 2.46. The highest BCUT2D eigenvalue weighted by Gasteiger charge is 2.50. The molecule has 2 aromatic carbocycles. The van der Waals surface area contributed by atoms with Gasteiger partial charge < -0.3 is 19.1 Å². The van der Waals surface area contributed by atoms with Crippen molar-refractivity contribution in [1.82, 2.24) is 14.5 Å². The Bertz CT molecular complexity index is 1840.